The molecule has 0 fully saturated rings. The third-order valence-electron chi connectivity index (χ3n) is 3.72. The Kier molecular flexibility index (Phi) is 6.05. The number of rotatable bonds is 7. The Hall–Kier alpha value is -2.96. The van der Waals surface area contributed by atoms with Crippen molar-refractivity contribution in [2.75, 3.05) is 0 Å². The first-order valence-corrected chi connectivity index (χ1v) is 7.58. The average Bonchev–Trinajstić information content (AvgIpc) is 2.61. The van der Waals surface area contributed by atoms with E-state index in [0.717, 1.165) is 0 Å². The highest BCUT2D eigenvalue weighted by Crippen LogP contribution is 2.20. The molecule has 0 aliphatic heterocycles. The smallest absolute Gasteiger partial charge is 0.335 e. The molecule has 0 heterocycles. The first-order chi connectivity index (χ1) is 11.9. The van der Waals surface area contributed by atoms with Crippen molar-refractivity contribution in [2.45, 2.75) is 18.6 Å². The molecule has 4 N–H and O–H groups in total. The Morgan fingerprint density at radius 2 is 1.24 bits per heavy atom. The van der Waals surface area contributed by atoms with E-state index in [9.17, 15) is 19.8 Å². The van der Waals surface area contributed by atoms with Crippen LogP contribution in [-0.2, 0) is 0 Å². The van der Waals surface area contributed by atoms with E-state index in [-0.39, 0.29) is 17.5 Å². The molecule has 0 amide bonds. The van der Waals surface area contributed by atoms with Crippen LogP contribution >= 0.6 is 0 Å². The summed E-state index contributed by atoms with van der Waals surface area (Å²) >= 11 is 0. The Bertz CT molecular complexity index is 762. The summed E-state index contributed by atoms with van der Waals surface area (Å²) in [6.07, 6.45) is 1.64. The molecule has 2 aromatic carbocycles. The first kappa shape index (κ1) is 18.4. The van der Waals surface area contributed by atoms with Gasteiger partial charge in [0.1, 0.15) is 0 Å². The molecule has 0 aromatic heterocycles. The predicted octanol–water partition coefficient (Wildman–Crippen LogP) is 2.80. The molecule has 0 spiro atoms. The highest BCUT2D eigenvalue weighted by molar-refractivity contribution is 5.88. The van der Waals surface area contributed by atoms with Crippen molar-refractivity contribution in [1.82, 2.24) is 0 Å². The number of benzene rings is 2. The molecule has 0 aliphatic rings. The molecule has 6 heteroatoms. The fourth-order valence-electron chi connectivity index (χ4n) is 2.25. The van der Waals surface area contributed by atoms with E-state index >= 15 is 0 Å². The molecule has 0 saturated carbocycles. The first-order valence-electron chi connectivity index (χ1n) is 7.58. The van der Waals surface area contributed by atoms with E-state index in [0.29, 0.717) is 11.1 Å². The number of carbonyl (C=O) groups is 2. The molecule has 0 radical (unpaired) electrons. The number of aromatic carboxylic acids is 2. The van der Waals surface area contributed by atoms with Gasteiger partial charge in [-0.15, -0.1) is 0 Å². The van der Waals surface area contributed by atoms with Crippen molar-refractivity contribution in [3.63, 3.8) is 0 Å². The minimum atomic E-state index is -1.03. The Balaban J connectivity index is 1.94. The van der Waals surface area contributed by atoms with Crippen LogP contribution in [0.15, 0.2) is 60.7 Å². The van der Waals surface area contributed by atoms with Crippen molar-refractivity contribution in [1.29, 1.82) is 0 Å². The third-order valence-corrected chi connectivity index (χ3v) is 3.72. The minimum absolute atomic E-state index is 0.139. The number of hydrogen-bond donors (Lipinski definition) is 4. The number of aliphatic hydroxyl groups is 2. The molecule has 2 aromatic rings. The summed E-state index contributed by atoms with van der Waals surface area (Å²) < 4.78 is 0. The standard InChI is InChI=1S/C19H18O6/c20-16(12-4-8-14(9-5-12)18(22)23)2-1-3-17(21)13-6-10-15(11-7-13)19(24)25/h1-2,4-11,16-17,20-21H,3H2,(H,22,23)(H,24,25)/b2-1+. The zero-order valence-corrected chi connectivity index (χ0v) is 13.2. The lowest BCUT2D eigenvalue weighted by Crippen LogP contribution is -2.00. The Morgan fingerprint density at radius 3 is 1.68 bits per heavy atom. The number of aliphatic hydroxyl groups excluding tert-OH is 2. The Labute approximate surface area is 144 Å². The topological polar surface area (TPSA) is 115 Å². The number of carboxylic acid groups (broad SMARTS) is 2. The summed E-state index contributed by atoms with van der Waals surface area (Å²) in [5.41, 5.74) is 1.41. The molecule has 0 saturated heterocycles. The van der Waals surface area contributed by atoms with Crippen molar-refractivity contribution >= 4 is 11.9 Å². The van der Waals surface area contributed by atoms with Crippen LogP contribution in [0.3, 0.4) is 0 Å². The van der Waals surface area contributed by atoms with Crippen LogP contribution < -0.4 is 0 Å². The molecule has 2 unspecified atom stereocenters. The summed E-state index contributed by atoms with van der Waals surface area (Å²) in [4.78, 5) is 21.6. The van der Waals surface area contributed by atoms with Gasteiger partial charge in [0.05, 0.1) is 23.3 Å². The van der Waals surface area contributed by atoms with Gasteiger partial charge in [0.25, 0.3) is 0 Å². The summed E-state index contributed by atoms with van der Waals surface area (Å²) in [5, 5.41) is 37.8. The molecule has 0 aliphatic carbocycles. The van der Waals surface area contributed by atoms with Crippen molar-refractivity contribution in [3.8, 4) is 0 Å². The maximum atomic E-state index is 10.8. The molecule has 6 nitrogen and oxygen atoms in total. The Morgan fingerprint density at radius 1 is 0.800 bits per heavy atom. The molecule has 130 valence electrons. The number of carboxylic acids is 2. The molecule has 25 heavy (non-hydrogen) atoms. The van der Waals surface area contributed by atoms with E-state index in [1.165, 1.54) is 42.5 Å². The summed E-state index contributed by atoms with van der Waals surface area (Å²) in [7, 11) is 0. The van der Waals surface area contributed by atoms with E-state index in [1.54, 1.807) is 18.2 Å². The van der Waals surface area contributed by atoms with Gasteiger partial charge in [0.15, 0.2) is 0 Å². The lowest BCUT2D eigenvalue weighted by atomic mass is 10.0. The summed E-state index contributed by atoms with van der Waals surface area (Å²) in [5.74, 6) is -2.06. The van der Waals surface area contributed by atoms with E-state index in [4.69, 9.17) is 10.2 Å². The van der Waals surface area contributed by atoms with Crippen molar-refractivity contribution in [2.24, 2.45) is 0 Å². The van der Waals surface area contributed by atoms with Crippen molar-refractivity contribution in [3.05, 3.63) is 82.9 Å². The quantitative estimate of drug-likeness (QED) is 0.575. The lowest BCUT2D eigenvalue weighted by Gasteiger charge is -2.10. The fraction of sp³-hybridized carbons (Fsp3) is 0.158. The molecule has 0 bridgehead atoms. The van der Waals surface area contributed by atoms with Crippen LogP contribution in [0.1, 0.15) is 50.5 Å². The van der Waals surface area contributed by atoms with Gasteiger partial charge in [-0.3, -0.25) is 0 Å². The second-order valence-electron chi connectivity index (χ2n) is 5.48. The molecular formula is C19H18O6. The van der Waals surface area contributed by atoms with Gasteiger partial charge in [0, 0.05) is 0 Å². The normalized spacial score (nSPS) is 13.5. The van der Waals surface area contributed by atoms with Gasteiger partial charge >= 0.3 is 11.9 Å². The molecule has 2 atom stereocenters. The monoisotopic (exact) mass is 342 g/mol. The van der Waals surface area contributed by atoms with E-state index < -0.39 is 24.1 Å². The van der Waals surface area contributed by atoms with Gasteiger partial charge in [-0.2, -0.15) is 0 Å². The van der Waals surface area contributed by atoms with E-state index in [2.05, 4.69) is 0 Å². The molecular weight excluding hydrogens is 324 g/mol. The van der Waals surface area contributed by atoms with Gasteiger partial charge in [-0.05, 0) is 41.8 Å². The fourth-order valence-corrected chi connectivity index (χ4v) is 2.25. The maximum Gasteiger partial charge on any atom is 0.335 e. The van der Waals surface area contributed by atoms with Crippen LogP contribution in [0.4, 0.5) is 0 Å². The lowest BCUT2D eigenvalue weighted by molar-refractivity contribution is 0.0686. The van der Waals surface area contributed by atoms with Crippen LogP contribution in [-0.4, -0.2) is 32.4 Å². The minimum Gasteiger partial charge on any atom is -0.478 e. The van der Waals surface area contributed by atoms with Gasteiger partial charge in [-0.1, -0.05) is 36.4 Å². The third kappa shape index (κ3) is 5.00. The SMILES string of the molecule is O=C(O)c1ccc(C(O)/C=C/CC(O)c2ccc(C(=O)O)cc2)cc1. The zero-order chi connectivity index (χ0) is 18.4. The predicted molar refractivity (Wildman–Crippen MR) is 90.5 cm³/mol. The van der Waals surface area contributed by atoms with Crippen LogP contribution in [0, 0.1) is 0 Å². The second-order valence-corrected chi connectivity index (χ2v) is 5.48. The average molecular weight is 342 g/mol. The maximum absolute atomic E-state index is 10.8. The van der Waals surface area contributed by atoms with Crippen LogP contribution in [0.2, 0.25) is 0 Å². The van der Waals surface area contributed by atoms with E-state index in [1.807, 2.05) is 0 Å². The second kappa shape index (κ2) is 8.23. The van der Waals surface area contributed by atoms with Gasteiger partial charge in [-0.25, -0.2) is 9.59 Å². The van der Waals surface area contributed by atoms with Gasteiger partial charge in [0.2, 0.25) is 0 Å². The van der Waals surface area contributed by atoms with Crippen LogP contribution in [0.25, 0.3) is 0 Å². The van der Waals surface area contributed by atoms with Crippen molar-refractivity contribution < 1.29 is 30.0 Å². The summed E-state index contributed by atoms with van der Waals surface area (Å²) in [6, 6.07) is 11.8. The zero-order valence-electron chi connectivity index (χ0n) is 13.2. The van der Waals surface area contributed by atoms with Crippen LogP contribution in [0.5, 0.6) is 0 Å². The van der Waals surface area contributed by atoms with Gasteiger partial charge < -0.3 is 20.4 Å². The summed E-state index contributed by atoms with van der Waals surface area (Å²) in [6.45, 7) is 0. The number of hydrogen-bond acceptors (Lipinski definition) is 4. The molecule has 2 rings (SSSR count). The highest BCUT2D eigenvalue weighted by atomic mass is 16.4. The largest absolute Gasteiger partial charge is 0.478 e. The highest BCUT2D eigenvalue weighted by Gasteiger charge is 2.09.